The molecule has 3 aliphatic rings. The van der Waals surface area contributed by atoms with Crippen molar-refractivity contribution in [3.8, 4) is 5.75 Å². The maximum absolute atomic E-state index is 14.3. The lowest BCUT2D eigenvalue weighted by Gasteiger charge is -2.32. The lowest BCUT2D eigenvalue weighted by Crippen LogP contribution is -2.61. The SMILES string of the molecule is CC[C@@H](C)C[C@@H](C)CCCCCCCCC(=O)N[C@@H]1CCCNC(=O)[C@H]2[C@@H](O)CCN2C(=O)[C@H](CCCN)NC(=O)[C@@H](CCc2ccc(O)cc2)NC(=O)[C@@H]2C[C@@H](O)CN2C(=O)[C@H]([C@@H](C)O)NC1=O. The Morgan fingerprint density at radius 1 is 0.797 bits per heavy atom. The fourth-order valence-corrected chi connectivity index (χ4v) is 9.64. The number of hydrogen-bond acceptors (Lipinski definition) is 12. The van der Waals surface area contributed by atoms with Crippen LogP contribution in [-0.2, 0) is 40.0 Å². The van der Waals surface area contributed by atoms with Gasteiger partial charge in [-0.05, 0) is 101 Å². The second kappa shape index (κ2) is 28.7. The maximum Gasteiger partial charge on any atom is 0.248 e. The molecule has 7 amide bonds. The minimum atomic E-state index is -1.61. The highest BCUT2D eigenvalue weighted by Gasteiger charge is 2.46. The van der Waals surface area contributed by atoms with Gasteiger partial charge < -0.3 is 62.5 Å². The number of amides is 7. The Morgan fingerprint density at radius 2 is 1.48 bits per heavy atom. The highest BCUT2D eigenvalue weighted by Crippen LogP contribution is 2.24. The van der Waals surface area contributed by atoms with Crippen molar-refractivity contribution in [3.63, 3.8) is 0 Å². The van der Waals surface area contributed by atoms with E-state index in [1.165, 1.54) is 49.6 Å². The van der Waals surface area contributed by atoms with Gasteiger partial charge in [-0.1, -0.05) is 77.8 Å². The van der Waals surface area contributed by atoms with Gasteiger partial charge in [0.15, 0.2) is 0 Å². The predicted octanol–water partition coefficient (Wildman–Crippen LogP) is 1.41. The molecule has 69 heavy (non-hydrogen) atoms. The molecule has 4 rings (SSSR count). The second-order valence-corrected chi connectivity index (χ2v) is 19.8. The highest BCUT2D eigenvalue weighted by molar-refractivity contribution is 5.98. The number of phenols is 1. The summed E-state index contributed by atoms with van der Waals surface area (Å²) >= 11 is 0. The van der Waals surface area contributed by atoms with E-state index in [9.17, 15) is 54.0 Å². The smallest absolute Gasteiger partial charge is 0.248 e. The summed E-state index contributed by atoms with van der Waals surface area (Å²) in [6.45, 7) is 7.96. The van der Waals surface area contributed by atoms with Gasteiger partial charge in [-0.15, -0.1) is 0 Å². The molecule has 0 aromatic heterocycles. The minimum Gasteiger partial charge on any atom is -0.508 e. The number of aromatic hydroxyl groups is 1. The Morgan fingerprint density at radius 3 is 2.16 bits per heavy atom. The first kappa shape index (κ1) is 56.7. The highest BCUT2D eigenvalue weighted by atomic mass is 16.3. The van der Waals surface area contributed by atoms with E-state index < -0.39 is 95.9 Å². The van der Waals surface area contributed by atoms with Crippen molar-refractivity contribution in [2.45, 2.75) is 198 Å². The topological polar surface area (TPSA) is 293 Å². The molecule has 11 atom stereocenters. The second-order valence-electron chi connectivity index (χ2n) is 19.8. The van der Waals surface area contributed by atoms with Crippen molar-refractivity contribution in [2.24, 2.45) is 17.6 Å². The van der Waals surface area contributed by atoms with E-state index in [0.29, 0.717) is 24.3 Å². The third-order valence-electron chi connectivity index (χ3n) is 13.9. The lowest BCUT2D eigenvalue weighted by molar-refractivity contribution is -0.145. The molecule has 3 heterocycles. The summed E-state index contributed by atoms with van der Waals surface area (Å²) in [7, 11) is 0. The van der Waals surface area contributed by atoms with Crippen LogP contribution in [0.25, 0.3) is 0 Å². The summed E-state index contributed by atoms with van der Waals surface area (Å²) in [5, 5.41) is 56.2. The normalized spacial score (nSPS) is 27.0. The van der Waals surface area contributed by atoms with Gasteiger partial charge in [0.05, 0.1) is 18.3 Å². The van der Waals surface area contributed by atoms with E-state index in [0.717, 1.165) is 36.5 Å². The fourth-order valence-electron chi connectivity index (χ4n) is 9.64. The number of nitrogens with zero attached hydrogens (tertiary/aromatic N) is 2. The van der Waals surface area contributed by atoms with Crippen molar-refractivity contribution >= 4 is 41.4 Å². The van der Waals surface area contributed by atoms with Crippen LogP contribution in [0.1, 0.15) is 142 Å². The van der Waals surface area contributed by atoms with Crippen LogP contribution in [-0.4, -0.2) is 152 Å². The van der Waals surface area contributed by atoms with E-state index in [4.69, 9.17) is 5.73 Å². The van der Waals surface area contributed by atoms with Crippen LogP contribution in [0.15, 0.2) is 24.3 Å². The molecule has 0 bridgehead atoms. The molecule has 0 saturated carbocycles. The number of aryl methyl sites for hydroxylation is 1. The zero-order valence-corrected chi connectivity index (χ0v) is 41.3. The largest absolute Gasteiger partial charge is 0.508 e. The van der Waals surface area contributed by atoms with Crippen molar-refractivity contribution in [1.29, 1.82) is 0 Å². The standard InChI is InChI=1S/C50H82N8O11/c1-5-31(2)28-32(3)14-10-8-6-7-9-11-17-42(63)53-37-16-13-26-52-48(67)44-41(62)24-27-57(44)49(68)39(15-12-25-51)55-45(64)38(23-20-34-18-21-35(60)22-19-34)54-47(66)40-29-36(61)30-58(40)50(69)43(33(4)59)56-46(37)65/h18-19,21-22,31-33,36-41,43-44,59-62H,5-17,20,23-30,51H2,1-4H3,(H,52,67)(H,53,63)(H,54,66)(H,55,64)(H,56,65)/t31-,32+,33-,36-,37-,38-,39+,40+,41+,43+,44-/m1/s1. The van der Waals surface area contributed by atoms with Gasteiger partial charge in [-0.25, -0.2) is 0 Å². The number of carbonyl (C=O) groups is 7. The van der Waals surface area contributed by atoms with E-state index >= 15 is 0 Å². The molecule has 0 aliphatic carbocycles. The molecule has 1 aromatic rings. The van der Waals surface area contributed by atoms with Crippen LogP contribution < -0.4 is 32.3 Å². The number of nitrogens with one attached hydrogen (secondary N) is 5. The van der Waals surface area contributed by atoms with Gasteiger partial charge in [-0.2, -0.15) is 0 Å². The Labute approximate surface area is 407 Å². The molecule has 0 spiro atoms. The van der Waals surface area contributed by atoms with E-state index in [1.807, 2.05) is 0 Å². The van der Waals surface area contributed by atoms with Gasteiger partial charge in [0.2, 0.25) is 41.4 Å². The van der Waals surface area contributed by atoms with Crippen molar-refractivity contribution in [3.05, 3.63) is 29.8 Å². The zero-order chi connectivity index (χ0) is 50.6. The predicted molar refractivity (Wildman–Crippen MR) is 259 cm³/mol. The summed E-state index contributed by atoms with van der Waals surface area (Å²) in [4.78, 5) is 100. The summed E-state index contributed by atoms with van der Waals surface area (Å²) in [6.07, 6.45) is 6.28. The molecule has 19 heteroatoms. The number of rotatable bonds is 20. The average Bonchev–Trinajstić information content (AvgIpc) is 3.91. The van der Waals surface area contributed by atoms with Crippen molar-refractivity contribution in [1.82, 2.24) is 36.4 Å². The van der Waals surface area contributed by atoms with E-state index in [1.54, 1.807) is 12.1 Å². The molecule has 3 fully saturated rings. The summed E-state index contributed by atoms with van der Waals surface area (Å²) < 4.78 is 0. The molecule has 0 unspecified atom stereocenters. The van der Waals surface area contributed by atoms with Crippen LogP contribution in [0, 0.1) is 11.8 Å². The Kier molecular flexibility index (Phi) is 23.6. The number of aliphatic hydroxyl groups excluding tert-OH is 3. The zero-order valence-electron chi connectivity index (χ0n) is 41.3. The molecule has 388 valence electrons. The lowest BCUT2D eigenvalue weighted by atomic mass is 9.91. The Bertz CT molecular complexity index is 1840. The van der Waals surface area contributed by atoms with Crippen LogP contribution >= 0.6 is 0 Å². The van der Waals surface area contributed by atoms with Crippen LogP contribution in [0.3, 0.4) is 0 Å². The van der Waals surface area contributed by atoms with Crippen molar-refractivity contribution in [2.75, 3.05) is 26.2 Å². The molecular formula is C50H82N8O11. The van der Waals surface area contributed by atoms with Crippen molar-refractivity contribution < 1.29 is 54.0 Å². The summed E-state index contributed by atoms with van der Waals surface area (Å²) in [5.41, 5.74) is 6.54. The Balaban J connectivity index is 1.56. The van der Waals surface area contributed by atoms with E-state index in [2.05, 4.69) is 47.4 Å². The molecule has 3 aliphatic heterocycles. The number of nitrogens with two attached hydrogens (primary N) is 1. The third-order valence-corrected chi connectivity index (χ3v) is 13.9. The van der Waals surface area contributed by atoms with Crippen LogP contribution in [0.4, 0.5) is 0 Å². The number of hydrogen-bond donors (Lipinski definition) is 10. The first-order valence-electron chi connectivity index (χ1n) is 25.5. The monoisotopic (exact) mass is 971 g/mol. The van der Waals surface area contributed by atoms with Gasteiger partial charge in [0.25, 0.3) is 0 Å². The number of aliphatic hydroxyl groups is 3. The Hall–Kier alpha value is -4.85. The number of phenolic OH excluding ortho intramolecular Hbond substituents is 1. The van der Waals surface area contributed by atoms with E-state index in [-0.39, 0.29) is 83.3 Å². The average molecular weight is 971 g/mol. The van der Waals surface area contributed by atoms with Gasteiger partial charge >= 0.3 is 0 Å². The first-order chi connectivity index (χ1) is 32.9. The van der Waals surface area contributed by atoms with Gasteiger partial charge in [-0.3, -0.25) is 33.6 Å². The summed E-state index contributed by atoms with van der Waals surface area (Å²) in [6, 6.07) is -1.73. The summed E-state index contributed by atoms with van der Waals surface area (Å²) in [5.74, 6) is -3.45. The maximum atomic E-state index is 14.3. The number of unbranched alkanes of at least 4 members (excludes halogenated alkanes) is 5. The molecule has 1 aromatic carbocycles. The molecule has 3 saturated heterocycles. The number of carbonyl (C=O) groups excluding carboxylic acids is 7. The molecular weight excluding hydrogens is 889 g/mol. The first-order valence-corrected chi connectivity index (χ1v) is 25.5. The third kappa shape index (κ3) is 17.8. The quantitative estimate of drug-likeness (QED) is 0.0831. The molecule has 11 N–H and O–H groups in total. The molecule has 0 radical (unpaired) electrons. The number of benzene rings is 1. The van der Waals surface area contributed by atoms with Crippen LogP contribution in [0.5, 0.6) is 5.75 Å². The van der Waals surface area contributed by atoms with Gasteiger partial charge in [0, 0.05) is 32.5 Å². The molecule has 19 nitrogen and oxygen atoms in total. The minimum absolute atomic E-state index is 0.00389. The van der Waals surface area contributed by atoms with Gasteiger partial charge in [0.1, 0.15) is 42.0 Å². The fraction of sp³-hybridized carbons (Fsp3) is 0.740. The van der Waals surface area contributed by atoms with Crippen LogP contribution in [0.2, 0.25) is 0 Å². The number of fused-ring (bicyclic) bond motifs is 2.